The summed E-state index contributed by atoms with van der Waals surface area (Å²) in [7, 11) is 0. The molecule has 2 aliphatic rings. The number of carbonyl (C=O) groups is 1. The third-order valence-electron chi connectivity index (χ3n) is 5.66. The molecule has 1 unspecified atom stereocenters. The molecular weight excluding hydrogens is 364 g/mol. The van der Waals surface area contributed by atoms with E-state index in [0.29, 0.717) is 31.7 Å². The first-order valence-electron chi connectivity index (χ1n) is 10.6. The van der Waals surface area contributed by atoms with Gasteiger partial charge in [0, 0.05) is 25.7 Å². The molecule has 2 aromatic carbocycles. The molecule has 1 saturated heterocycles. The van der Waals surface area contributed by atoms with E-state index in [9.17, 15) is 4.79 Å². The molecule has 1 amide bonds. The van der Waals surface area contributed by atoms with Gasteiger partial charge in [-0.15, -0.1) is 0 Å². The van der Waals surface area contributed by atoms with Crippen LogP contribution in [0.2, 0.25) is 0 Å². The summed E-state index contributed by atoms with van der Waals surface area (Å²) in [5.74, 6) is 1.51. The molecule has 1 N–H and O–H groups in total. The Labute approximate surface area is 173 Å². The molecular formula is C24H30N2O3. The van der Waals surface area contributed by atoms with Crippen LogP contribution in [0.3, 0.4) is 0 Å². The lowest BCUT2D eigenvalue weighted by Gasteiger charge is -2.24. The van der Waals surface area contributed by atoms with Gasteiger partial charge in [-0.25, -0.2) is 0 Å². The number of nitrogens with one attached hydrogen (secondary N) is 1. The van der Waals surface area contributed by atoms with Crippen LogP contribution in [0.1, 0.15) is 30.4 Å². The fourth-order valence-corrected chi connectivity index (χ4v) is 3.82. The van der Waals surface area contributed by atoms with Crippen molar-refractivity contribution < 1.29 is 14.3 Å². The number of para-hydroxylation sites is 1. The molecule has 1 heterocycles. The monoisotopic (exact) mass is 394 g/mol. The Bertz CT molecular complexity index is 786. The Morgan fingerprint density at radius 3 is 2.52 bits per heavy atom. The van der Waals surface area contributed by atoms with Gasteiger partial charge in [-0.2, -0.15) is 0 Å². The Morgan fingerprint density at radius 2 is 1.79 bits per heavy atom. The zero-order chi connectivity index (χ0) is 19.9. The van der Waals surface area contributed by atoms with Gasteiger partial charge in [-0.05, 0) is 48.4 Å². The van der Waals surface area contributed by atoms with Crippen LogP contribution in [0.15, 0.2) is 54.6 Å². The summed E-state index contributed by atoms with van der Waals surface area (Å²) in [5.41, 5.74) is 2.19. The summed E-state index contributed by atoms with van der Waals surface area (Å²) in [6.45, 7) is 4.16. The van der Waals surface area contributed by atoms with Crippen LogP contribution in [0.4, 0.5) is 0 Å². The van der Waals surface area contributed by atoms with Crippen LogP contribution >= 0.6 is 0 Å². The number of amides is 1. The lowest BCUT2D eigenvalue weighted by Crippen LogP contribution is -2.40. The summed E-state index contributed by atoms with van der Waals surface area (Å²) in [5, 5.41) is 3.11. The van der Waals surface area contributed by atoms with Crippen molar-refractivity contribution in [3.05, 3.63) is 65.7 Å². The van der Waals surface area contributed by atoms with Crippen molar-refractivity contribution in [2.45, 2.75) is 38.5 Å². The van der Waals surface area contributed by atoms with E-state index in [-0.39, 0.29) is 5.91 Å². The lowest BCUT2D eigenvalue weighted by molar-refractivity contribution is -0.122. The van der Waals surface area contributed by atoms with E-state index in [4.69, 9.17) is 9.47 Å². The highest BCUT2D eigenvalue weighted by molar-refractivity contribution is 5.78. The van der Waals surface area contributed by atoms with Crippen LogP contribution in [0.5, 0.6) is 5.75 Å². The predicted molar refractivity (Wildman–Crippen MR) is 113 cm³/mol. The van der Waals surface area contributed by atoms with Crippen LogP contribution in [0.25, 0.3) is 0 Å². The van der Waals surface area contributed by atoms with Crippen molar-refractivity contribution in [1.29, 1.82) is 0 Å². The molecule has 2 aromatic rings. The Balaban J connectivity index is 1.28. The summed E-state index contributed by atoms with van der Waals surface area (Å²) in [6.07, 6.45) is 3.53. The third kappa shape index (κ3) is 6.05. The molecule has 5 nitrogen and oxygen atoms in total. The number of nitrogens with zero attached hydrogens (tertiary/aromatic N) is 1. The largest absolute Gasteiger partial charge is 0.489 e. The van der Waals surface area contributed by atoms with E-state index in [0.717, 1.165) is 43.1 Å². The first-order valence-corrected chi connectivity index (χ1v) is 10.6. The predicted octanol–water partition coefficient (Wildman–Crippen LogP) is 3.38. The quantitative estimate of drug-likeness (QED) is 0.671. The van der Waals surface area contributed by atoms with E-state index < -0.39 is 0 Å². The molecule has 1 aliphatic heterocycles. The highest BCUT2D eigenvalue weighted by Crippen LogP contribution is 2.28. The Hall–Kier alpha value is -2.37. The minimum Gasteiger partial charge on any atom is -0.489 e. The first kappa shape index (κ1) is 19.9. The number of hydrogen-bond acceptors (Lipinski definition) is 4. The number of benzene rings is 2. The smallest absolute Gasteiger partial charge is 0.234 e. The van der Waals surface area contributed by atoms with Crippen LogP contribution in [0, 0.1) is 5.92 Å². The second-order valence-corrected chi connectivity index (χ2v) is 8.04. The Morgan fingerprint density at radius 1 is 1.03 bits per heavy atom. The topological polar surface area (TPSA) is 50.8 Å². The van der Waals surface area contributed by atoms with E-state index in [1.807, 2.05) is 42.5 Å². The lowest BCUT2D eigenvalue weighted by atomic mass is 10.1. The maximum atomic E-state index is 12.6. The van der Waals surface area contributed by atoms with Gasteiger partial charge in [0.05, 0.1) is 13.2 Å². The Kier molecular flexibility index (Phi) is 6.80. The molecule has 1 aliphatic carbocycles. The molecule has 0 aromatic heterocycles. The second-order valence-electron chi connectivity index (χ2n) is 8.04. The highest BCUT2D eigenvalue weighted by atomic mass is 16.5. The van der Waals surface area contributed by atoms with Crippen molar-refractivity contribution in [2.24, 2.45) is 5.92 Å². The molecule has 29 heavy (non-hydrogen) atoms. The zero-order valence-electron chi connectivity index (χ0n) is 16.9. The van der Waals surface area contributed by atoms with E-state index in [1.165, 1.54) is 12.8 Å². The van der Waals surface area contributed by atoms with Gasteiger partial charge in [0.25, 0.3) is 0 Å². The normalized spacial score (nSPS) is 18.7. The summed E-state index contributed by atoms with van der Waals surface area (Å²) < 4.78 is 11.4. The van der Waals surface area contributed by atoms with Crippen LogP contribution in [-0.2, 0) is 22.7 Å². The number of ether oxygens (including phenoxy) is 2. The third-order valence-corrected chi connectivity index (χ3v) is 5.66. The van der Waals surface area contributed by atoms with E-state index in [2.05, 4.69) is 22.3 Å². The van der Waals surface area contributed by atoms with Gasteiger partial charge < -0.3 is 14.8 Å². The molecule has 0 radical (unpaired) electrons. The molecule has 1 atom stereocenters. The minimum absolute atomic E-state index is 0.0922. The average molecular weight is 395 g/mol. The van der Waals surface area contributed by atoms with E-state index in [1.54, 1.807) is 0 Å². The molecule has 4 rings (SSSR count). The highest BCUT2D eigenvalue weighted by Gasteiger charge is 2.32. The maximum Gasteiger partial charge on any atom is 0.234 e. The van der Waals surface area contributed by atoms with Gasteiger partial charge in [0.1, 0.15) is 12.4 Å². The minimum atomic E-state index is 0.0922. The first-order chi connectivity index (χ1) is 14.3. The molecule has 154 valence electrons. The second kappa shape index (κ2) is 9.90. The number of rotatable bonds is 10. The van der Waals surface area contributed by atoms with Gasteiger partial charge in [-0.1, -0.05) is 42.5 Å². The molecule has 5 heteroatoms. The zero-order valence-corrected chi connectivity index (χ0v) is 16.9. The summed E-state index contributed by atoms with van der Waals surface area (Å²) >= 11 is 0. The fourth-order valence-electron chi connectivity index (χ4n) is 3.82. The molecule has 1 saturated carbocycles. The molecule has 2 fully saturated rings. The van der Waals surface area contributed by atoms with Crippen molar-refractivity contribution >= 4 is 5.91 Å². The van der Waals surface area contributed by atoms with Crippen LogP contribution < -0.4 is 10.1 Å². The summed E-state index contributed by atoms with van der Waals surface area (Å²) in [4.78, 5) is 15.0. The van der Waals surface area contributed by atoms with Crippen molar-refractivity contribution in [2.75, 3.05) is 26.3 Å². The number of carbonyl (C=O) groups excluding carboxylic acids is 1. The SMILES string of the molecule is O=C(CN(CC1CCOC1)C1CC1)NCc1ccccc1COc1ccccc1. The molecule has 0 bridgehead atoms. The average Bonchev–Trinajstić information content (AvgIpc) is 3.48. The van der Waals surface area contributed by atoms with Crippen molar-refractivity contribution in [1.82, 2.24) is 10.2 Å². The van der Waals surface area contributed by atoms with Gasteiger partial charge in [0.2, 0.25) is 5.91 Å². The van der Waals surface area contributed by atoms with Gasteiger partial charge in [0.15, 0.2) is 0 Å². The summed E-state index contributed by atoms with van der Waals surface area (Å²) in [6, 6.07) is 18.5. The standard InChI is InChI=1S/C24H30N2O3/c27-24(16-26(22-10-11-22)15-19-12-13-28-17-19)25-14-20-6-4-5-7-21(20)18-29-23-8-2-1-3-9-23/h1-9,19,22H,10-18H2,(H,25,27). The van der Waals surface area contributed by atoms with E-state index >= 15 is 0 Å². The van der Waals surface area contributed by atoms with Gasteiger partial charge in [-0.3, -0.25) is 9.69 Å². The van der Waals surface area contributed by atoms with Crippen molar-refractivity contribution in [3.63, 3.8) is 0 Å². The maximum absolute atomic E-state index is 12.6. The van der Waals surface area contributed by atoms with Crippen molar-refractivity contribution in [3.8, 4) is 5.75 Å². The molecule has 0 spiro atoms. The van der Waals surface area contributed by atoms with Crippen LogP contribution in [-0.4, -0.2) is 43.2 Å². The fraction of sp³-hybridized carbons (Fsp3) is 0.458. The number of hydrogen-bond donors (Lipinski definition) is 1. The van der Waals surface area contributed by atoms with Gasteiger partial charge >= 0.3 is 0 Å².